The van der Waals surface area contributed by atoms with Crippen LogP contribution in [0.5, 0.6) is 0 Å². The molecule has 4 rings (SSSR count). The zero-order valence-electron chi connectivity index (χ0n) is 32.2. The maximum absolute atomic E-state index is 13.6. The van der Waals surface area contributed by atoms with Crippen LogP contribution < -0.4 is 27.6 Å². The summed E-state index contributed by atoms with van der Waals surface area (Å²) in [5, 5.41) is 25.9. The first-order valence-electron chi connectivity index (χ1n) is 17.5. The fourth-order valence-electron chi connectivity index (χ4n) is 5.93. The molecule has 2 aromatic rings. The smallest absolute Gasteiger partial charge is 0.407 e. The van der Waals surface area contributed by atoms with Crippen LogP contribution in [0, 0.1) is 5.41 Å². The Labute approximate surface area is 360 Å². The Morgan fingerprint density at radius 2 is 1.72 bits per heavy atom. The highest BCUT2D eigenvalue weighted by Crippen LogP contribution is 2.42. The lowest BCUT2D eigenvalue weighted by atomic mass is 9.85. The van der Waals surface area contributed by atoms with E-state index < -0.39 is 64.2 Å². The lowest BCUT2D eigenvalue weighted by molar-refractivity contribution is -0.685. The largest absolute Gasteiger partial charge is 1.00 e. The van der Waals surface area contributed by atoms with Crippen molar-refractivity contribution >= 4 is 94.2 Å². The maximum atomic E-state index is 13.6. The van der Waals surface area contributed by atoms with E-state index in [1.807, 2.05) is 0 Å². The van der Waals surface area contributed by atoms with Crippen molar-refractivity contribution in [2.24, 2.45) is 5.41 Å². The number of carbonyl (C=O) groups is 6. The van der Waals surface area contributed by atoms with Crippen LogP contribution in [0.3, 0.4) is 0 Å². The number of carboxylic acid groups (broad SMARTS) is 2. The molecule has 1 fully saturated rings. The minimum atomic E-state index is -1.24. The van der Waals surface area contributed by atoms with Crippen molar-refractivity contribution in [1.82, 2.24) is 20.4 Å². The van der Waals surface area contributed by atoms with Gasteiger partial charge in [0.1, 0.15) is 28.8 Å². The Hall–Kier alpha value is -3.35. The number of nitrogens with zero attached hydrogens (tertiary/aromatic N) is 3. The van der Waals surface area contributed by atoms with Gasteiger partial charge in [0.15, 0.2) is 12.4 Å². The molecular weight excluding hydrogens is 861 g/mol. The van der Waals surface area contributed by atoms with Gasteiger partial charge in [-0.2, -0.15) is 4.57 Å². The summed E-state index contributed by atoms with van der Waals surface area (Å²) in [5.74, 6) is -3.09. The van der Waals surface area contributed by atoms with Crippen LogP contribution in [0.4, 0.5) is 4.79 Å². The topological polar surface area (TPSA) is 187 Å². The average Bonchev–Trinajstić information content (AvgIpc) is 3.09. The van der Waals surface area contributed by atoms with Gasteiger partial charge in [-0.25, -0.2) is 14.4 Å². The van der Waals surface area contributed by atoms with Crippen molar-refractivity contribution in [3.8, 4) is 0 Å². The Kier molecular flexibility index (Phi) is 17.3. The maximum Gasteiger partial charge on any atom is 0.407 e. The van der Waals surface area contributed by atoms with Gasteiger partial charge in [0.2, 0.25) is 12.5 Å². The van der Waals surface area contributed by atoms with Gasteiger partial charge in [-0.15, -0.1) is 35.3 Å². The first kappa shape index (κ1) is 48.0. The first-order valence-corrected chi connectivity index (χ1v) is 21.3. The molecule has 57 heavy (non-hydrogen) atoms. The zero-order chi connectivity index (χ0) is 41.5. The summed E-state index contributed by atoms with van der Waals surface area (Å²) in [6.45, 7) is 10.6. The number of β-lactam (4-membered cyclic amide) rings is 1. The van der Waals surface area contributed by atoms with E-state index in [2.05, 4.69) is 10.6 Å². The van der Waals surface area contributed by atoms with Gasteiger partial charge in [0.05, 0.1) is 10.8 Å². The van der Waals surface area contributed by atoms with E-state index in [1.54, 1.807) is 88.8 Å². The molecule has 312 valence electrons. The number of halogens is 3. The number of rotatable bonds is 16. The van der Waals surface area contributed by atoms with Crippen molar-refractivity contribution in [3.05, 3.63) is 64.0 Å². The molecule has 0 aliphatic carbocycles. The molecule has 4 N–H and O–H groups in total. The molecule has 2 aliphatic rings. The van der Waals surface area contributed by atoms with E-state index in [0.29, 0.717) is 32.7 Å². The van der Waals surface area contributed by atoms with Crippen molar-refractivity contribution in [2.75, 3.05) is 30.3 Å². The van der Waals surface area contributed by atoms with Gasteiger partial charge in [-0.3, -0.25) is 19.3 Å². The van der Waals surface area contributed by atoms with Gasteiger partial charge in [0.25, 0.3) is 11.8 Å². The molecule has 0 radical (unpaired) electrons. The Balaban J connectivity index is 0.00000870. The minimum Gasteiger partial charge on any atom is -1.00 e. The highest BCUT2D eigenvalue weighted by atomic mass is 35.5. The predicted molar refractivity (Wildman–Crippen MR) is 216 cm³/mol. The SMILES string of the molecule is CC(C)(C)OC(=O)NCCCN(C(=O)C[n+]1ccc(SCC2=C(C(=O)O)N3C(=O)[C@H](NC(=O)CSc4cc(Cl)ccc4Cl)[C@H]3SC2)cc1)C(C(=O)O)C(C)(C)C.[Cl-]. The second-order valence-corrected chi connectivity index (χ2v) is 19.1. The van der Waals surface area contributed by atoms with E-state index >= 15 is 0 Å². The summed E-state index contributed by atoms with van der Waals surface area (Å²) in [6.07, 6.45) is 3.06. The summed E-state index contributed by atoms with van der Waals surface area (Å²) in [4.78, 5) is 80.3. The Morgan fingerprint density at radius 1 is 1.05 bits per heavy atom. The number of alkyl carbamates (subject to hydrolysis) is 1. The third kappa shape index (κ3) is 13.3. The summed E-state index contributed by atoms with van der Waals surface area (Å²) in [7, 11) is 0. The van der Waals surface area contributed by atoms with Crippen LogP contribution in [0.1, 0.15) is 48.0 Å². The highest BCUT2D eigenvalue weighted by molar-refractivity contribution is 8.01. The molecule has 1 aromatic carbocycles. The molecule has 4 amide bonds. The molecule has 3 atom stereocenters. The van der Waals surface area contributed by atoms with Crippen molar-refractivity contribution in [2.45, 2.75) is 87.4 Å². The lowest BCUT2D eigenvalue weighted by Crippen LogP contribution is -3.00. The fraction of sp³-hybridized carbons (Fsp3) is 0.486. The van der Waals surface area contributed by atoms with Gasteiger partial charge in [0, 0.05) is 51.5 Å². The number of thioether (sulfide) groups is 3. The number of aliphatic carboxylic acids is 2. The number of carboxylic acids is 2. The molecule has 20 heteroatoms. The Morgan fingerprint density at radius 3 is 2.32 bits per heavy atom. The number of pyridine rings is 1. The third-order valence-electron chi connectivity index (χ3n) is 8.34. The van der Waals surface area contributed by atoms with E-state index in [-0.39, 0.29) is 49.2 Å². The number of hydrogen-bond acceptors (Lipinski definition) is 10. The van der Waals surface area contributed by atoms with Crippen molar-refractivity contribution in [3.63, 3.8) is 0 Å². The number of amides is 4. The molecular formula is C37H46Cl3N5O9S3. The summed E-state index contributed by atoms with van der Waals surface area (Å²) in [5.41, 5.74) is -1.000. The summed E-state index contributed by atoms with van der Waals surface area (Å²) >= 11 is 16.1. The monoisotopic (exact) mass is 905 g/mol. The van der Waals surface area contributed by atoms with E-state index in [9.17, 15) is 39.0 Å². The van der Waals surface area contributed by atoms with E-state index in [1.165, 1.54) is 45.1 Å². The van der Waals surface area contributed by atoms with Crippen LogP contribution in [0.15, 0.2) is 63.8 Å². The standard InChI is InChI=1S/C37H45Cl2N5O9S3.ClH/c1-36(2,3)30(34(50)51)43(13-7-12-40-35(52)53-37(4,5)6)27(46)17-42-14-10-23(11-15-42)54-18-21-19-56-32-28(31(47)44(32)29(21)33(48)49)41-26(45)20-55-25-16-22(38)8-9-24(25)39;/h8-11,14-16,28,30,32H,7,12-13,17-20H2,1-6H3,(H3-,40,41,45,48,49,50,51,52);1H/t28-,30?,32+;/m0./s1. The molecule has 1 unspecified atom stereocenters. The summed E-state index contributed by atoms with van der Waals surface area (Å²) in [6, 6.07) is 6.45. The fourth-order valence-corrected chi connectivity index (χ4v) is 9.60. The molecule has 0 bridgehead atoms. The number of carbonyl (C=O) groups excluding carboxylic acids is 4. The number of fused-ring (bicyclic) bond motifs is 1. The van der Waals surface area contributed by atoms with E-state index in [0.717, 1.165) is 4.90 Å². The third-order valence-corrected chi connectivity index (χ3v) is 12.5. The van der Waals surface area contributed by atoms with E-state index in [4.69, 9.17) is 27.9 Å². The average molecular weight is 907 g/mol. The molecule has 2 aliphatic heterocycles. The molecule has 14 nitrogen and oxygen atoms in total. The van der Waals surface area contributed by atoms with Crippen LogP contribution in [-0.2, 0) is 35.3 Å². The van der Waals surface area contributed by atoms with Gasteiger partial charge in [-0.1, -0.05) is 44.0 Å². The number of aromatic nitrogens is 1. The molecule has 1 aromatic heterocycles. The van der Waals surface area contributed by atoms with Crippen molar-refractivity contribution in [1.29, 1.82) is 0 Å². The molecule has 3 heterocycles. The van der Waals surface area contributed by atoms with Gasteiger partial charge < -0.3 is 42.9 Å². The van der Waals surface area contributed by atoms with Crippen LogP contribution >= 0.6 is 58.5 Å². The van der Waals surface area contributed by atoms with Gasteiger partial charge >= 0.3 is 18.0 Å². The molecule has 0 saturated carbocycles. The molecule has 1 saturated heterocycles. The van der Waals surface area contributed by atoms with Crippen molar-refractivity contribution < 1.29 is 60.7 Å². The minimum absolute atomic E-state index is 0. The summed E-state index contributed by atoms with van der Waals surface area (Å²) < 4.78 is 6.87. The van der Waals surface area contributed by atoms with Crippen LogP contribution in [0.2, 0.25) is 10.0 Å². The van der Waals surface area contributed by atoms with Crippen LogP contribution in [0.25, 0.3) is 0 Å². The molecule has 0 spiro atoms. The second-order valence-electron chi connectivity index (χ2n) is 15.0. The van der Waals surface area contributed by atoms with Crippen LogP contribution in [-0.4, -0.2) is 109 Å². The predicted octanol–water partition coefficient (Wildman–Crippen LogP) is 2.15. The van der Waals surface area contributed by atoms with Gasteiger partial charge in [-0.05, 0) is 56.4 Å². The number of nitrogens with one attached hydrogen (secondary N) is 2. The lowest BCUT2D eigenvalue weighted by Gasteiger charge is -2.49. The number of ether oxygens (including phenoxy) is 1. The number of benzene rings is 1. The normalized spacial score (nSPS) is 17.1. The first-order chi connectivity index (χ1) is 26.2. The second kappa shape index (κ2) is 20.6. The number of hydrogen-bond donors (Lipinski definition) is 4. The zero-order valence-corrected chi connectivity index (χ0v) is 36.9. The Bertz CT molecular complexity index is 1870. The quantitative estimate of drug-likeness (QED) is 0.0835. The highest BCUT2D eigenvalue weighted by Gasteiger charge is 2.54.